The summed E-state index contributed by atoms with van der Waals surface area (Å²) in [5.41, 5.74) is 1.30. The smallest absolute Gasteiger partial charge is 0.119 e. The van der Waals surface area contributed by atoms with Gasteiger partial charge in [-0.05, 0) is 70.5 Å². The van der Waals surface area contributed by atoms with Gasteiger partial charge in [0.25, 0.3) is 0 Å². The zero-order valence-electron chi connectivity index (χ0n) is 15.3. The SMILES string of the molecule is C[C@@H]1CN(c2ccc(OCCCN3CCCCC3)cc2)C[C@H](C)N1. The summed E-state index contributed by atoms with van der Waals surface area (Å²) in [5, 5.41) is 3.58. The van der Waals surface area contributed by atoms with Crippen LogP contribution in [0.4, 0.5) is 5.69 Å². The van der Waals surface area contributed by atoms with Crippen molar-refractivity contribution in [2.75, 3.05) is 44.2 Å². The molecule has 1 aromatic rings. The number of benzene rings is 1. The normalized spacial score (nSPS) is 25.7. The highest BCUT2D eigenvalue weighted by atomic mass is 16.5. The summed E-state index contributed by atoms with van der Waals surface area (Å²) in [6.45, 7) is 11.2. The number of nitrogens with one attached hydrogen (secondary N) is 1. The third-order valence-electron chi connectivity index (χ3n) is 5.10. The first-order valence-corrected chi connectivity index (χ1v) is 9.67. The summed E-state index contributed by atoms with van der Waals surface area (Å²) >= 11 is 0. The highest BCUT2D eigenvalue weighted by molar-refractivity contribution is 5.49. The van der Waals surface area contributed by atoms with Crippen LogP contribution in [0, 0.1) is 0 Å². The number of rotatable bonds is 6. The molecule has 2 atom stereocenters. The van der Waals surface area contributed by atoms with Gasteiger partial charge in [0.05, 0.1) is 6.61 Å². The molecule has 0 radical (unpaired) electrons. The fourth-order valence-electron chi connectivity index (χ4n) is 3.95. The standard InChI is InChI=1S/C20H33N3O/c1-17-15-23(16-18(2)21-17)19-7-9-20(10-8-19)24-14-6-13-22-11-4-3-5-12-22/h7-10,17-18,21H,3-6,11-16H2,1-2H3/t17-,18+. The van der Waals surface area contributed by atoms with E-state index in [1.165, 1.54) is 44.6 Å². The van der Waals surface area contributed by atoms with Gasteiger partial charge in [-0.3, -0.25) is 0 Å². The number of nitrogens with zero attached hydrogens (tertiary/aromatic N) is 2. The van der Waals surface area contributed by atoms with Crippen molar-refractivity contribution < 1.29 is 4.74 Å². The number of likely N-dealkylation sites (tertiary alicyclic amines) is 1. The Bertz CT molecular complexity index is 474. The molecule has 24 heavy (non-hydrogen) atoms. The molecule has 3 rings (SSSR count). The second-order valence-corrected chi connectivity index (χ2v) is 7.47. The van der Waals surface area contributed by atoms with Gasteiger partial charge in [0.1, 0.15) is 5.75 Å². The van der Waals surface area contributed by atoms with Crippen LogP contribution >= 0.6 is 0 Å². The van der Waals surface area contributed by atoms with Crippen molar-refractivity contribution in [3.63, 3.8) is 0 Å². The van der Waals surface area contributed by atoms with Crippen LogP contribution in [0.2, 0.25) is 0 Å². The average molecular weight is 332 g/mol. The molecule has 2 aliphatic heterocycles. The maximum atomic E-state index is 5.92. The predicted octanol–water partition coefficient (Wildman–Crippen LogP) is 3.13. The third-order valence-corrected chi connectivity index (χ3v) is 5.10. The van der Waals surface area contributed by atoms with E-state index < -0.39 is 0 Å². The molecule has 2 heterocycles. The summed E-state index contributed by atoms with van der Waals surface area (Å²) < 4.78 is 5.92. The first-order valence-electron chi connectivity index (χ1n) is 9.67. The van der Waals surface area contributed by atoms with Crippen LogP contribution in [0.15, 0.2) is 24.3 Å². The Balaban J connectivity index is 1.41. The quantitative estimate of drug-likeness (QED) is 0.811. The van der Waals surface area contributed by atoms with Crippen molar-refractivity contribution in [3.8, 4) is 5.75 Å². The highest BCUT2D eigenvalue weighted by Crippen LogP contribution is 2.21. The summed E-state index contributed by atoms with van der Waals surface area (Å²) in [5.74, 6) is 0.994. The average Bonchev–Trinajstić information content (AvgIpc) is 2.59. The van der Waals surface area contributed by atoms with Crippen molar-refractivity contribution in [2.45, 2.75) is 51.6 Å². The van der Waals surface area contributed by atoms with E-state index in [1.807, 2.05) is 0 Å². The van der Waals surface area contributed by atoms with Gasteiger partial charge in [0.15, 0.2) is 0 Å². The van der Waals surface area contributed by atoms with Crippen LogP contribution < -0.4 is 15.0 Å². The van der Waals surface area contributed by atoms with E-state index >= 15 is 0 Å². The zero-order valence-corrected chi connectivity index (χ0v) is 15.3. The number of ether oxygens (including phenoxy) is 1. The minimum absolute atomic E-state index is 0.541. The van der Waals surface area contributed by atoms with Gasteiger partial charge in [-0.25, -0.2) is 0 Å². The number of hydrogen-bond acceptors (Lipinski definition) is 4. The van der Waals surface area contributed by atoms with Crippen LogP contribution in [0.1, 0.15) is 39.5 Å². The lowest BCUT2D eigenvalue weighted by molar-refractivity contribution is 0.205. The van der Waals surface area contributed by atoms with Gasteiger partial charge >= 0.3 is 0 Å². The highest BCUT2D eigenvalue weighted by Gasteiger charge is 2.20. The fourth-order valence-corrected chi connectivity index (χ4v) is 3.95. The van der Waals surface area contributed by atoms with E-state index in [0.717, 1.165) is 31.9 Å². The topological polar surface area (TPSA) is 27.7 Å². The van der Waals surface area contributed by atoms with E-state index in [9.17, 15) is 0 Å². The number of piperidine rings is 1. The summed E-state index contributed by atoms with van der Waals surface area (Å²) in [6, 6.07) is 9.72. The molecule has 4 nitrogen and oxygen atoms in total. The lowest BCUT2D eigenvalue weighted by atomic mass is 10.1. The van der Waals surface area contributed by atoms with Gasteiger partial charge in [-0.15, -0.1) is 0 Å². The largest absolute Gasteiger partial charge is 0.494 e. The van der Waals surface area contributed by atoms with Crippen LogP contribution in [0.3, 0.4) is 0 Å². The van der Waals surface area contributed by atoms with Crippen LogP contribution in [-0.2, 0) is 0 Å². The minimum Gasteiger partial charge on any atom is -0.494 e. The second kappa shape index (κ2) is 8.72. The van der Waals surface area contributed by atoms with Crippen molar-refractivity contribution in [1.29, 1.82) is 0 Å². The maximum absolute atomic E-state index is 5.92. The lowest BCUT2D eigenvalue weighted by Gasteiger charge is -2.37. The molecule has 0 aliphatic carbocycles. The molecule has 2 aliphatic rings. The van der Waals surface area contributed by atoms with Crippen molar-refractivity contribution in [1.82, 2.24) is 10.2 Å². The Morgan fingerprint density at radius 1 is 1.00 bits per heavy atom. The van der Waals surface area contributed by atoms with Crippen LogP contribution in [0.25, 0.3) is 0 Å². The van der Waals surface area contributed by atoms with E-state index in [-0.39, 0.29) is 0 Å². The van der Waals surface area contributed by atoms with Gasteiger partial charge < -0.3 is 19.9 Å². The summed E-state index contributed by atoms with van der Waals surface area (Å²) in [7, 11) is 0. The molecule has 1 aromatic carbocycles. The van der Waals surface area contributed by atoms with Crippen LogP contribution in [0.5, 0.6) is 5.75 Å². The molecule has 2 saturated heterocycles. The molecule has 2 fully saturated rings. The third kappa shape index (κ3) is 5.12. The molecule has 0 amide bonds. The number of hydrogen-bond donors (Lipinski definition) is 1. The molecule has 0 aromatic heterocycles. The summed E-state index contributed by atoms with van der Waals surface area (Å²) in [6.07, 6.45) is 5.26. The van der Waals surface area contributed by atoms with Crippen molar-refractivity contribution >= 4 is 5.69 Å². The minimum atomic E-state index is 0.541. The van der Waals surface area contributed by atoms with Crippen LogP contribution in [-0.4, -0.2) is 56.3 Å². The molecule has 4 heteroatoms. The molecule has 0 bridgehead atoms. The van der Waals surface area contributed by atoms with E-state index in [0.29, 0.717) is 12.1 Å². The van der Waals surface area contributed by atoms with Crippen molar-refractivity contribution in [2.24, 2.45) is 0 Å². The van der Waals surface area contributed by atoms with Gasteiger partial charge in [0.2, 0.25) is 0 Å². The molecular weight excluding hydrogens is 298 g/mol. The van der Waals surface area contributed by atoms with E-state index in [2.05, 4.69) is 53.2 Å². The van der Waals surface area contributed by atoms with Gasteiger partial charge in [-0.1, -0.05) is 6.42 Å². The van der Waals surface area contributed by atoms with E-state index in [1.54, 1.807) is 0 Å². The monoisotopic (exact) mass is 331 g/mol. The molecule has 134 valence electrons. The number of anilines is 1. The van der Waals surface area contributed by atoms with Crippen molar-refractivity contribution in [3.05, 3.63) is 24.3 Å². The molecule has 1 N–H and O–H groups in total. The Morgan fingerprint density at radius 3 is 2.33 bits per heavy atom. The predicted molar refractivity (Wildman–Crippen MR) is 101 cm³/mol. The lowest BCUT2D eigenvalue weighted by Crippen LogP contribution is -2.54. The Labute approximate surface area is 147 Å². The van der Waals surface area contributed by atoms with Gasteiger partial charge in [-0.2, -0.15) is 0 Å². The molecule has 0 saturated carbocycles. The number of piperazine rings is 1. The molecular formula is C20H33N3O. The zero-order chi connectivity index (χ0) is 16.8. The first-order chi connectivity index (χ1) is 11.7. The molecule has 0 spiro atoms. The van der Waals surface area contributed by atoms with Gasteiger partial charge in [0, 0.05) is 37.4 Å². The second-order valence-electron chi connectivity index (χ2n) is 7.47. The fraction of sp³-hybridized carbons (Fsp3) is 0.700. The molecule has 0 unspecified atom stereocenters. The van der Waals surface area contributed by atoms with E-state index in [4.69, 9.17) is 4.74 Å². The maximum Gasteiger partial charge on any atom is 0.119 e. The Hall–Kier alpha value is -1.26. The summed E-state index contributed by atoms with van der Waals surface area (Å²) in [4.78, 5) is 5.04. The Morgan fingerprint density at radius 2 is 1.67 bits per heavy atom. The first kappa shape index (κ1) is 17.6. The Kier molecular flexibility index (Phi) is 6.38.